The van der Waals surface area contributed by atoms with Gasteiger partial charge >= 0.3 is 0 Å². The molecule has 6 nitrogen and oxygen atoms in total. The highest BCUT2D eigenvalue weighted by molar-refractivity contribution is 6.09. The number of anilines is 2. The van der Waals surface area contributed by atoms with Crippen LogP contribution in [0.5, 0.6) is 0 Å². The molecular weight excluding hydrogens is 374 g/mol. The Labute approximate surface area is 177 Å². The molecule has 0 radical (unpaired) electrons. The van der Waals surface area contributed by atoms with Crippen LogP contribution in [0.4, 0.5) is 11.4 Å². The lowest BCUT2D eigenvalue weighted by atomic mass is 9.86. The van der Waals surface area contributed by atoms with Gasteiger partial charge in [-0.25, -0.2) is 4.98 Å². The third-order valence-electron chi connectivity index (χ3n) is 5.42. The van der Waals surface area contributed by atoms with E-state index in [1.807, 2.05) is 24.3 Å². The van der Waals surface area contributed by atoms with E-state index in [0.717, 1.165) is 61.3 Å². The number of carbonyl (C=O) groups excluding carboxylic acids is 1. The van der Waals surface area contributed by atoms with Crippen molar-refractivity contribution >= 4 is 22.9 Å². The van der Waals surface area contributed by atoms with Crippen LogP contribution in [0.2, 0.25) is 0 Å². The molecule has 30 heavy (non-hydrogen) atoms. The Balaban J connectivity index is 1.40. The Morgan fingerprint density at radius 2 is 1.73 bits per heavy atom. The zero-order valence-electron chi connectivity index (χ0n) is 17.3. The molecule has 1 aromatic heterocycles. The first-order valence-corrected chi connectivity index (χ1v) is 10.5. The molecule has 6 heteroatoms. The summed E-state index contributed by atoms with van der Waals surface area (Å²) in [4.78, 5) is 16.9. The largest absolute Gasteiger partial charge is 0.383 e. The molecule has 0 saturated carbocycles. The lowest BCUT2D eigenvalue weighted by molar-refractivity contribution is -0.113. The molecule has 0 aliphatic heterocycles. The summed E-state index contributed by atoms with van der Waals surface area (Å²) in [6, 6.07) is 16.3. The second kappa shape index (κ2) is 9.39. The van der Waals surface area contributed by atoms with Crippen molar-refractivity contribution in [2.24, 2.45) is 0 Å². The van der Waals surface area contributed by atoms with Gasteiger partial charge in [0, 0.05) is 23.5 Å². The van der Waals surface area contributed by atoms with Crippen molar-refractivity contribution in [1.82, 2.24) is 14.8 Å². The molecule has 4 rings (SSSR count). The molecule has 1 heterocycles. The number of benzene rings is 2. The first-order valence-electron chi connectivity index (χ1n) is 10.5. The predicted molar refractivity (Wildman–Crippen MR) is 120 cm³/mol. The minimum Gasteiger partial charge on any atom is -0.383 e. The number of rotatable bonds is 7. The van der Waals surface area contributed by atoms with Gasteiger partial charge in [-0.15, -0.1) is 0 Å². The summed E-state index contributed by atoms with van der Waals surface area (Å²) < 4.78 is 1.78. The monoisotopic (exact) mass is 401 g/mol. The molecule has 1 aliphatic carbocycles. The minimum absolute atomic E-state index is 0.0113. The van der Waals surface area contributed by atoms with Gasteiger partial charge in [-0.1, -0.05) is 29.8 Å². The lowest BCUT2D eigenvalue weighted by Crippen LogP contribution is -2.18. The van der Waals surface area contributed by atoms with Gasteiger partial charge in [0.1, 0.15) is 12.7 Å². The van der Waals surface area contributed by atoms with E-state index in [0.29, 0.717) is 0 Å². The molecule has 0 saturated heterocycles. The fraction of sp³-hybridized carbons (Fsp3) is 0.292. The van der Waals surface area contributed by atoms with E-state index in [2.05, 4.69) is 51.9 Å². The molecule has 0 fully saturated rings. The molecule has 2 N–H and O–H groups in total. The third kappa shape index (κ3) is 4.95. The van der Waals surface area contributed by atoms with Crippen molar-refractivity contribution in [3.63, 3.8) is 0 Å². The Bertz CT molecular complexity index is 1000. The van der Waals surface area contributed by atoms with Crippen LogP contribution in [0, 0.1) is 6.92 Å². The molecular formula is C24H27N5O. The summed E-state index contributed by atoms with van der Waals surface area (Å²) in [5.74, 6) is 0.0113. The Kier molecular flexibility index (Phi) is 6.23. The maximum absolute atomic E-state index is 13.0. The van der Waals surface area contributed by atoms with Crippen LogP contribution in [0.3, 0.4) is 0 Å². The average molecular weight is 402 g/mol. The number of carbonyl (C=O) groups is 1. The topological polar surface area (TPSA) is 71.8 Å². The van der Waals surface area contributed by atoms with Crippen LogP contribution in [-0.2, 0) is 11.3 Å². The summed E-state index contributed by atoms with van der Waals surface area (Å²) in [5.41, 5.74) is 6.31. The summed E-state index contributed by atoms with van der Waals surface area (Å²) in [6.07, 6.45) is 7.22. The maximum Gasteiger partial charge on any atom is 0.251 e. The smallest absolute Gasteiger partial charge is 0.251 e. The summed E-state index contributed by atoms with van der Waals surface area (Å²) in [6.45, 7) is 3.58. The van der Waals surface area contributed by atoms with E-state index >= 15 is 0 Å². The first-order chi connectivity index (χ1) is 14.7. The molecule has 1 amide bonds. The van der Waals surface area contributed by atoms with E-state index in [9.17, 15) is 4.79 Å². The number of hydrogen-bond donors (Lipinski definition) is 2. The molecule has 154 valence electrons. The fourth-order valence-corrected chi connectivity index (χ4v) is 3.77. The number of hydrogen-bond acceptors (Lipinski definition) is 4. The SMILES string of the molecule is Cc1ccc(C2=C(C(=O)Nc3ccc(NCCn4cncn4)cc3)CCCC2)cc1. The number of allylic oxidation sites excluding steroid dienone is 1. The van der Waals surface area contributed by atoms with Crippen molar-refractivity contribution < 1.29 is 4.79 Å². The van der Waals surface area contributed by atoms with Gasteiger partial charge in [0.05, 0.1) is 6.54 Å². The number of nitrogens with zero attached hydrogens (tertiary/aromatic N) is 3. The van der Waals surface area contributed by atoms with E-state index in [-0.39, 0.29) is 5.91 Å². The van der Waals surface area contributed by atoms with Crippen molar-refractivity contribution in [3.8, 4) is 0 Å². The highest BCUT2D eigenvalue weighted by atomic mass is 16.1. The van der Waals surface area contributed by atoms with Gasteiger partial charge in [0.15, 0.2) is 0 Å². The standard InChI is InChI=1S/C24H27N5O/c1-18-6-8-19(9-7-18)22-4-2-3-5-23(22)24(30)28-21-12-10-20(11-13-21)26-14-15-29-17-25-16-27-29/h6-13,16-17,26H,2-5,14-15H2,1H3,(H,28,30). The van der Waals surface area contributed by atoms with Crippen LogP contribution in [0.25, 0.3) is 5.57 Å². The van der Waals surface area contributed by atoms with Crippen LogP contribution >= 0.6 is 0 Å². The van der Waals surface area contributed by atoms with Crippen LogP contribution in [0.1, 0.15) is 36.8 Å². The number of nitrogens with one attached hydrogen (secondary N) is 2. The molecule has 1 aliphatic rings. The van der Waals surface area contributed by atoms with E-state index < -0.39 is 0 Å². The Morgan fingerprint density at radius 3 is 2.47 bits per heavy atom. The second-order valence-electron chi connectivity index (χ2n) is 7.65. The maximum atomic E-state index is 13.0. The zero-order chi connectivity index (χ0) is 20.8. The third-order valence-corrected chi connectivity index (χ3v) is 5.42. The second-order valence-corrected chi connectivity index (χ2v) is 7.65. The number of amides is 1. The normalized spacial score (nSPS) is 13.9. The zero-order valence-corrected chi connectivity index (χ0v) is 17.3. The van der Waals surface area contributed by atoms with Crippen LogP contribution in [-0.4, -0.2) is 27.2 Å². The molecule has 0 spiro atoms. The van der Waals surface area contributed by atoms with Crippen molar-refractivity contribution in [2.45, 2.75) is 39.2 Å². The molecule has 0 unspecified atom stereocenters. The Morgan fingerprint density at radius 1 is 1.00 bits per heavy atom. The average Bonchev–Trinajstić information content (AvgIpc) is 3.29. The highest BCUT2D eigenvalue weighted by Gasteiger charge is 2.20. The molecule has 0 bridgehead atoms. The van der Waals surface area contributed by atoms with Gasteiger partial charge in [-0.05, 0) is 68.0 Å². The summed E-state index contributed by atoms with van der Waals surface area (Å²) >= 11 is 0. The van der Waals surface area contributed by atoms with Crippen molar-refractivity contribution in [2.75, 3.05) is 17.2 Å². The van der Waals surface area contributed by atoms with E-state index in [1.165, 1.54) is 17.5 Å². The van der Waals surface area contributed by atoms with Crippen molar-refractivity contribution in [1.29, 1.82) is 0 Å². The predicted octanol–water partition coefficient (Wildman–Crippen LogP) is 4.66. The van der Waals surface area contributed by atoms with Gasteiger partial charge in [-0.2, -0.15) is 5.10 Å². The van der Waals surface area contributed by atoms with Crippen LogP contribution in [0.15, 0.2) is 66.8 Å². The molecule has 2 aromatic carbocycles. The van der Waals surface area contributed by atoms with Crippen LogP contribution < -0.4 is 10.6 Å². The Hall–Kier alpha value is -3.41. The minimum atomic E-state index is 0.0113. The van der Waals surface area contributed by atoms with Crippen molar-refractivity contribution in [3.05, 3.63) is 77.9 Å². The van der Waals surface area contributed by atoms with E-state index in [4.69, 9.17) is 0 Å². The fourth-order valence-electron chi connectivity index (χ4n) is 3.77. The van der Waals surface area contributed by atoms with Gasteiger partial charge < -0.3 is 10.6 Å². The quantitative estimate of drug-likeness (QED) is 0.604. The highest BCUT2D eigenvalue weighted by Crippen LogP contribution is 2.33. The summed E-state index contributed by atoms with van der Waals surface area (Å²) in [5, 5.41) is 10.5. The number of aromatic nitrogens is 3. The molecule has 0 atom stereocenters. The molecule has 3 aromatic rings. The van der Waals surface area contributed by atoms with E-state index in [1.54, 1.807) is 11.0 Å². The summed E-state index contributed by atoms with van der Waals surface area (Å²) in [7, 11) is 0. The van der Waals surface area contributed by atoms with Gasteiger partial charge in [0.25, 0.3) is 5.91 Å². The van der Waals surface area contributed by atoms with Gasteiger partial charge in [0.2, 0.25) is 0 Å². The first kappa shape index (κ1) is 19.9. The van der Waals surface area contributed by atoms with Gasteiger partial charge in [-0.3, -0.25) is 9.48 Å². The lowest BCUT2D eigenvalue weighted by Gasteiger charge is -2.20. The number of aryl methyl sites for hydroxylation is 1.